The highest BCUT2D eigenvalue weighted by Gasteiger charge is 2.11. The average Bonchev–Trinajstić information content (AvgIpc) is 2.43. The Morgan fingerprint density at radius 2 is 1.90 bits per heavy atom. The van der Waals surface area contributed by atoms with Crippen LogP contribution < -0.4 is 10.2 Å². The third kappa shape index (κ3) is 4.04. The second kappa shape index (κ2) is 7.04. The Bertz CT molecular complexity index is 631. The van der Waals surface area contributed by atoms with Gasteiger partial charge in [-0.1, -0.05) is 6.07 Å². The molecule has 1 N–H and O–H groups in total. The largest absolute Gasteiger partial charge is 0.341 e. The van der Waals surface area contributed by atoms with E-state index in [-0.39, 0.29) is 5.28 Å². The van der Waals surface area contributed by atoms with Crippen molar-refractivity contribution in [3.63, 3.8) is 0 Å². The van der Waals surface area contributed by atoms with Gasteiger partial charge in [0.2, 0.25) is 17.2 Å². The van der Waals surface area contributed by atoms with E-state index in [1.54, 1.807) is 0 Å². The summed E-state index contributed by atoms with van der Waals surface area (Å²) in [7, 11) is 0. The standard InChI is InChI=1S/C14H17BrClN5/c1-4-21(5-2)14-19-12(16)18-13(20-14)17-11-7-6-9(3)8-10(11)15/h6-8H,4-5H2,1-3H3,(H,17,18,19,20). The topological polar surface area (TPSA) is 53.9 Å². The second-order valence-corrected chi connectivity index (χ2v) is 5.70. The molecule has 1 aromatic carbocycles. The van der Waals surface area contributed by atoms with Crippen molar-refractivity contribution < 1.29 is 0 Å². The first-order valence-corrected chi connectivity index (χ1v) is 7.90. The zero-order chi connectivity index (χ0) is 15.4. The molecule has 2 rings (SSSR count). The summed E-state index contributed by atoms with van der Waals surface area (Å²) in [5.41, 5.74) is 2.05. The van der Waals surface area contributed by atoms with Gasteiger partial charge in [-0.25, -0.2) is 0 Å². The van der Waals surface area contributed by atoms with Gasteiger partial charge in [0.1, 0.15) is 0 Å². The quantitative estimate of drug-likeness (QED) is 0.855. The van der Waals surface area contributed by atoms with Crippen LogP contribution in [0.1, 0.15) is 19.4 Å². The Morgan fingerprint density at radius 1 is 1.19 bits per heavy atom. The predicted molar refractivity (Wildman–Crippen MR) is 90.6 cm³/mol. The lowest BCUT2D eigenvalue weighted by Gasteiger charge is -2.19. The van der Waals surface area contributed by atoms with Crippen LogP contribution in [0.3, 0.4) is 0 Å². The summed E-state index contributed by atoms with van der Waals surface area (Å²) >= 11 is 9.52. The van der Waals surface area contributed by atoms with Crippen LogP contribution in [0.15, 0.2) is 22.7 Å². The van der Waals surface area contributed by atoms with Crippen LogP contribution in [-0.2, 0) is 0 Å². The predicted octanol–water partition coefficient (Wildman–Crippen LogP) is 4.19. The van der Waals surface area contributed by atoms with Gasteiger partial charge >= 0.3 is 0 Å². The lowest BCUT2D eigenvalue weighted by atomic mass is 10.2. The summed E-state index contributed by atoms with van der Waals surface area (Å²) in [5, 5.41) is 3.34. The maximum absolute atomic E-state index is 6.00. The van der Waals surface area contributed by atoms with E-state index in [1.165, 1.54) is 5.56 Å². The summed E-state index contributed by atoms with van der Waals surface area (Å²) in [6.07, 6.45) is 0. The molecule has 5 nitrogen and oxygen atoms in total. The van der Waals surface area contributed by atoms with Crippen LogP contribution >= 0.6 is 27.5 Å². The molecule has 2 aromatic rings. The van der Waals surface area contributed by atoms with E-state index in [0.29, 0.717) is 11.9 Å². The van der Waals surface area contributed by atoms with E-state index in [1.807, 2.05) is 43.9 Å². The lowest BCUT2D eigenvalue weighted by molar-refractivity contribution is 0.814. The first-order valence-electron chi connectivity index (χ1n) is 6.73. The number of hydrogen-bond acceptors (Lipinski definition) is 5. The maximum atomic E-state index is 6.00. The average molecular weight is 371 g/mol. The van der Waals surface area contributed by atoms with Gasteiger partial charge in [0, 0.05) is 17.6 Å². The molecule has 0 fully saturated rings. The Labute approximate surface area is 137 Å². The molecule has 0 saturated carbocycles. The molecule has 0 aliphatic rings. The molecule has 21 heavy (non-hydrogen) atoms. The summed E-state index contributed by atoms with van der Waals surface area (Å²) in [6, 6.07) is 6.01. The van der Waals surface area contributed by atoms with Gasteiger partial charge in [0.25, 0.3) is 0 Å². The molecule has 0 aliphatic heterocycles. The van der Waals surface area contributed by atoms with E-state index in [9.17, 15) is 0 Å². The number of aromatic nitrogens is 3. The second-order valence-electron chi connectivity index (χ2n) is 4.51. The number of anilines is 3. The minimum Gasteiger partial charge on any atom is -0.341 e. The van der Waals surface area contributed by atoms with Crippen molar-refractivity contribution in [1.29, 1.82) is 0 Å². The fourth-order valence-electron chi connectivity index (χ4n) is 1.89. The molecule has 0 radical (unpaired) electrons. The Hall–Kier alpha value is -1.40. The SMILES string of the molecule is CCN(CC)c1nc(Cl)nc(Nc2ccc(C)cc2Br)n1. The summed E-state index contributed by atoms with van der Waals surface area (Å²) < 4.78 is 0.948. The van der Waals surface area contributed by atoms with Crippen LogP contribution in [0.2, 0.25) is 5.28 Å². The normalized spacial score (nSPS) is 10.5. The highest BCUT2D eigenvalue weighted by Crippen LogP contribution is 2.26. The van der Waals surface area contributed by atoms with Gasteiger partial charge in [-0.15, -0.1) is 0 Å². The zero-order valence-corrected chi connectivity index (χ0v) is 14.5. The molecule has 0 amide bonds. The van der Waals surface area contributed by atoms with Gasteiger partial charge in [0.05, 0.1) is 5.69 Å². The minimum atomic E-state index is 0.178. The van der Waals surface area contributed by atoms with Gasteiger partial charge in [-0.2, -0.15) is 15.0 Å². The highest BCUT2D eigenvalue weighted by atomic mass is 79.9. The summed E-state index contributed by atoms with van der Waals surface area (Å²) in [5.74, 6) is 1.01. The van der Waals surface area contributed by atoms with E-state index >= 15 is 0 Å². The fourth-order valence-corrected chi connectivity index (χ4v) is 2.63. The number of hydrogen-bond donors (Lipinski definition) is 1. The van der Waals surface area contributed by atoms with E-state index in [4.69, 9.17) is 11.6 Å². The first-order chi connectivity index (χ1) is 10.0. The molecule has 112 valence electrons. The molecule has 0 unspecified atom stereocenters. The highest BCUT2D eigenvalue weighted by molar-refractivity contribution is 9.10. The Kier molecular flexibility index (Phi) is 5.36. The zero-order valence-electron chi connectivity index (χ0n) is 12.2. The first kappa shape index (κ1) is 16.0. The number of benzene rings is 1. The van der Waals surface area contributed by atoms with Crippen molar-refractivity contribution in [2.24, 2.45) is 0 Å². The third-order valence-electron chi connectivity index (χ3n) is 3.01. The molecular weight excluding hydrogens is 354 g/mol. The van der Waals surface area contributed by atoms with Crippen LogP contribution in [-0.4, -0.2) is 28.0 Å². The number of rotatable bonds is 5. The van der Waals surface area contributed by atoms with Gasteiger partial charge in [0.15, 0.2) is 0 Å². The molecule has 0 spiro atoms. The molecule has 0 bridgehead atoms. The summed E-state index contributed by atoms with van der Waals surface area (Å²) in [6.45, 7) is 7.75. The van der Waals surface area contributed by atoms with Crippen molar-refractivity contribution in [2.75, 3.05) is 23.3 Å². The van der Waals surface area contributed by atoms with Crippen molar-refractivity contribution in [1.82, 2.24) is 15.0 Å². The smallest absolute Gasteiger partial charge is 0.233 e. The molecule has 0 atom stereocenters. The van der Waals surface area contributed by atoms with Crippen LogP contribution in [0.5, 0.6) is 0 Å². The molecule has 0 aliphatic carbocycles. The van der Waals surface area contributed by atoms with Crippen molar-refractivity contribution in [3.05, 3.63) is 33.5 Å². The van der Waals surface area contributed by atoms with E-state index in [2.05, 4.69) is 36.2 Å². The number of nitrogens with one attached hydrogen (secondary N) is 1. The van der Waals surface area contributed by atoms with Gasteiger partial charge in [-0.05, 0) is 66.0 Å². The Balaban J connectivity index is 2.31. The number of halogens is 2. The van der Waals surface area contributed by atoms with Crippen molar-refractivity contribution >= 4 is 45.1 Å². The lowest BCUT2D eigenvalue weighted by Crippen LogP contribution is -2.24. The number of aryl methyl sites for hydroxylation is 1. The molecule has 7 heteroatoms. The van der Waals surface area contributed by atoms with E-state index < -0.39 is 0 Å². The van der Waals surface area contributed by atoms with Gasteiger partial charge < -0.3 is 10.2 Å². The van der Waals surface area contributed by atoms with Crippen molar-refractivity contribution in [2.45, 2.75) is 20.8 Å². The Morgan fingerprint density at radius 3 is 2.52 bits per heavy atom. The van der Waals surface area contributed by atoms with Gasteiger partial charge in [-0.3, -0.25) is 0 Å². The maximum Gasteiger partial charge on any atom is 0.233 e. The summed E-state index contributed by atoms with van der Waals surface area (Å²) in [4.78, 5) is 14.7. The van der Waals surface area contributed by atoms with E-state index in [0.717, 1.165) is 23.2 Å². The molecular formula is C14H17BrClN5. The minimum absolute atomic E-state index is 0.178. The molecule has 0 saturated heterocycles. The van der Waals surface area contributed by atoms with Crippen LogP contribution in [0.25, 0.3) is 0 Å². The third-order valence-corrected chi connectivity index (χ3v) is 3.84. The van der Waals surface area contributed by atoms with Crippen molar-refractivity contribution in [3.8, 4) is 0 Å². The number of nitrogens with zero attached hydrogens (tertiary/aromatic N) is 4. The van der Waals surface area contributed by atoms with Crippen LogP contribution in [0.4, 0.5) is 17.6 Å². The monoisotopic (exact) mass is 369 g/mol. The molecule has 1 heterocycles. The van der Waals surface area contributed by atoms with Crippen LogP contribution in [0, 0.1) is 6.92 Å². The fraction of sp³-hybridized carbons (Fsp3) is 0.357. The molecule has 1 aromatic heterocycles.